The Labute approximate surface area is 356 Å². The van der Waals surface area contributed by atoms with Crippen LogP contribution in [0.15, 0.2) is 54.9 Å². The highest BCUT2D eigenvalue weighted by Gasteiger charge is 2.46. The lowest BCUT2D eigenvalue weighted by Gasteiger charge is -2.34. The molecule has 0 spiro atoms. The topological polar surface area (TPSA) is 188 Å². The first-order valence-electron chi connectivity index (χ1n) is 20.9. The number of unbranched alkanes of at least 4 members (excludes halogenated alkanes) is 1. The zero-order valence-electron chi connectivity index (χ0n) is 34.4. The Bertz CT molecular complexity index is 2390. The number of anilines is 3. The van der Waals surface area contributed by atoms with Gasteiger partial charge in [-0.3, -0.25) is 39.2 Å². The molecule has 2 aromatic heterocycles. The first kappa shape index (κ1) is 42.1. The summed E-state index contributed by atoms with van der Waals surface area (Å²) in [5.41, 5.74) is 2.49. The number of aromatic nitrogens is 3. The van der Waals surface area contributed by atoms with Crippen LogP contribution in [0.4, 0.5) is 26.1 Å². The van der Waals surface area contributed by atoms with Crippen LogP contribution in [-0.2, 0) is 14.4 Å². The number of rotatable bonds is 14. The number of fused-ring (bicyclic) bond motifs is 2. The third-order valence-corrected chi connectivity index (χ3v) is 11.6. The molecule has 16 nitrogen and oxygen atoms in total. The van der Waals surface area contributed by atoms with Crippen LogP contribution in [0.3, 0.4) is 0 Å². The molecule has 5 amide bonds. The van der Waals surface area contributed by atoms with Crippen LogP contribution in [0.1, 0.15) is 84.7 Å². The molecular formula is C44H47F2N9O7. The number of pyridine rings is 1. The van der Waals surface area contributed by atoms with Gasteiger partial charge in [0.05, 0.1) is 41.4 Å². The van der Waals surface area contributed by atoms with E-state index in [1.54, 1.807) is 18.3 Å². The van der Waals surface area contributed by atoms with E-state index in [4.69, 9.17) is 14.5 Å². The molecule has 0 aliphatic carbocycles. The number of nitrogens with zero attached hydrogens (tertiary/aromatic N) is 6. The van der Waals surface area contributed by atoms with Gasteiger partial charge in [-0.05, 0) is 102 Å². The van der Waals surface area contributed by atoms with E-state index in [9.17, 15) is 24.0 Å². The van der Waals surface area contributed by atoms with Crippen molar-refractivity contribution < 1.29 is 42.2 Å². The lowest BCUT2D eigenvalue weighted by atomic mass is 9.93. The molecule has 8 rings (SSSR count). The van der Waals surface area contributed by atoms with E-state index >= 15 is 8.78 Å². The van der Waals surface area contributed by atoms with Gasteiger partial charge in [-0.25, -0.2) is 18.7 Å². The summed E-state index contributed by atoms with van der Waals surface area (Å²) in [6.45, 7) is 7.76. The standard InChI is InChI=1S/C44H47F2N9O7/c1-25(2)54-18-19-61-40-30(45)20-27(21-34(40)54)39-31(46)23-49-44(52-39)50-28-8-9-32(48-22-28)26-12-16-53(17-13-26)15-4-3-14-47-37(57)24-62-35-7-5-6-29-38(35)43(60)55(42(29)59)33-10-11-36(56)51-41(33)58/h5-9,20-23,25-26,33H,3-4,10-19,24H2,1-2H3,(H,47,57)(H,49,50,52)(H,51,56,58). The van der Waals surface area contributed by atoms with Crippen molar-refractivity contribution >= 4 is 46.9 Å². The molecule has 3 N–H and O–H groups in total. The summed E-state index contributed by atoms with van der Waals surface area (Å²) in [5, 5.41) is 8.11. The quantitative estimate of drug-likeness (QED) is 0.117. The molecule has 1 unspecified atom stereocenters. The third kappa shape index (κ3) is 8.91. The summed E-state index contributed by atoms with van der Waals surface area (Å²) in [4.78, 5) is 81.4. The summed E-state index contributed by atoms with van der Waals surface area (Å²) < 4.78 is 41.4. The van der Waals surface area contributed by atoms with Crippen LogP contribution >= 0.6 is 0 Å². The first-order valence-corrected chi connectivity index (χ1v) is 20.9. The zero-order chi connectivity index (χ0) is 43.5. The number of hydrogen-bond acceptors (Lipinski definition) is 13. The molecule has 1 atom stereocenters. The molecule has 2 fully saturated rings. The number of hydrogen-bond donors (Lipinski definition) is 3. The Morgan fingerprint density at radius 2 is 1.79 bits per heavy atom. The van der Waals surface area contributed by atoms with Crippen molar-refractivity contribution in [3.05, 3.63) is 83.3 Å². The van der Waals surface area contributed by atoms with E-state index in [0.29, 0.717) is 37.0 Å². The minimum atomic E-state index is -1.10. The fourth-order valence-electron chi connectivity index (χ4n) is 8.39. The number of imide groups is 2. The largest absolute Gasteiger partial charge is 0.486 e. The Morgan fingerprint density at radius 1 is 0.968 bits per heavy atom. The van der Waals surface area contributed by atoms with Crippen molar-refractivity contribution in [1.29, 1.82) is 0 Å². The average molecular weight is 852 g/mol. The van der Waals surface area contributed by atoms with Gasteiger partial charge in [-0.1, -0.05) is 6.07 Å². The van der Waals surface area contributed by atoms with E-state index < -0.39 is 41.3 Å². The van der Waals surface area contributed by atoms with Crippen LogP contribution in [-0.4, -0.2) is 112 Å². The van der Waals surface area contributed by atoms with Crippen LogP contribution in [0.2, 0.25) is 0 Å². The van der Waals surface area contributed by atoms with E-state index in [1.807, 2.05) is 30.9 Å². The lowest BCUT2D eigenvalue weighted by molar-refractivity contribution is -0.136. The predicted octanol–water partition coefficient (Wildman–Crippen LogP) is 4.72. The van der Waals surface area contributed by atoms with E-state index in [1.165, 1.54) is 18.2 Å². The number of nitrogens with one attached hydrogen (secondary N) is 3. The number of halogens is 2. The Balaban J connectivity index is 0.757. The SMILES string of the molecule is CC(C)N1CCOc2c(F)cc(-c3nc(Nc4ccc(C5CCN(CCCCNC(=O)COc6cccc7c6C(=O)N(C6CCC(=O)NC6=O)C7=O)CC5)nc4)ncc3F)cc21. The number of likely N-dealkylation sites (tertiary alicyclic amines) is 1. The number of carbonyl (C=O) groups excluding carboxylic acids is 5. The molecule has 324 valence electrons. The predicted molar refractivity (Wildman–Crippen MR) is 222 cm³/mol. The molecule has 2 saturated heterocycles. The molecule has 4 aliphatic rings. The van der Waals surface area contributed by atoms with Gasteiger partial charge in [0.1, 0.15) is 24.1 Å². The second-order valence-electron chi connectivity index (χ2n) is 16.0. The summed E-state index contributed by atoms with van der Waals surface area (Å²) >= 11 is 0. The van der Waals surface area contributed by atoms with Gasteiger partial charge in [-0.15, -0.1) is 0 Å². The van der Waals surface area contributed by atoms with E-state index in [2.05, 4.69) is 30.8 Å². The number of benzene rings is 2. The van der Waals surface area contributed by atoms with Gasteiger partial charge in [0.15, 0.2) is 24.0 Å². The molecular weight excluding hydrogens is 805 g/mol. The smallest absolute Gasteiger partial charge is 0.266 e. The number of carbonyl (C=O) groups is 5. The Morgan fingerprint density at radius 3 is 2.55 bits per heavy atom. The maximum atomic E-state index is 15.1. The van der Waals surface area contributed by atoms with Crippen LogP contribution in [0, 0.1) is 11.6 Å². The van der Waals surface area contributed by atoms with Gasteiger partial charge in [0.2, 0.25) is 17.8 Å². The molecule has 0 radical (unpaired) electrons. The fraction of sp³-hybridized carbons (Fsp3) is 0.409. The summed E-state index contributed by atoms with van der Waals surface area (Å²) in [6, 6.07) is 10.3. The minimum Gasteiger partial charge on any atom is -0.486 e. The van der Waals surface area contributed by atoms with E-state index in [0.717, 1.165) is 62.1 Å². The average Bonchev–Trinajstić information content (AvgIpc) is 3.52. The van der Waals surface area contributed by atoms with Crippen molar-refractivity contribution in [2.45, 2.75) is 70.4 Å². The highest BCUT2D eigenvalue weighted by Crippen LogP contribution is 2.40. The van der Waals surface area contributed by atoms with Crippen molar-refractivity contribution in [1.82, 2.24) is 35.4 Å². The van der Waals surface area contributed by atoms with Gasteiger partial charge >= 0.3 is 0 Å². The fourth-order valence-corrected chi connectivity index (χ4v) is 8.39. The molecule has 2 aromatic carbocycles. The van der Waals surface area contributed by atoms with Crippen molar-refractivity contribution in [3.63, 3.8) is 0 Å². The highest BCUT2D eigenvalue weighted by atomic mass is 19.1. The van der Waals surface area contributed by atoms with Crippen molar-refractivity contribution in [2.75, 3.05) is 56.2 Å². The number of piperidine rings is 2. The molecule has 4 aliphatic heterocycles. The summed E-state index contributed by atoms with van der Waals surface area (Å²) in [7, 11) is 0. The second-order valence-corrected chi connectivity index (χ2v) is 16.0. The van der Waals surface area contributed by atoms with E-state index in [-0.39, 0.29) is 71.2 Å². The molecule has 4 aromatic rings. The number of ether oxygens (including phenoxy) is 2. The zero-order valence-corrected chi connectivity index (χ0v) is 34.4. The van der Waals surface area contributed by atoms with Crippen molar-refractivity contribution in [2.24, 2.45) is 0 Å². The van der Waals surface area contributed by atoms with Gasteiger partial charge in [0.25, 0.3) is 17.7 Å². The Hall–Kier alpha value is -6.56. The minimum absolute atomic E-state index is 0.00767. The molecule has 0 saturated carbocycles. The summed E-state index contributed by atoms with van der Waals surface area (Å²) in [5.74, 6) is -3.46. The van der Waals surface area contributed by atoms with Gasteiger partial charge in [-0.2, -0.15) is 0 Å². The molecule has 6 heterocycles. The first-order chi connectivity index (χ1) is 29.9. The molecule has 62 heavy (non-hydrogen) atoms. The number of amides is 5. The van der Waals surface area contributed by atoms with Gasteiger partial charge < -0.3 is 29.9 Å². The molecule has 0 bridgehead atoms. The van der Waals surface area contributed by atoms with Gasteiger partial charge in [0, 0.05) is 36.2 Å². The van der Waals surface area contributed by atoms with Crippen molar-refractivity contribution in [3.8, 4) is 22.8 Å². The normalized spacial score (nSPS) is 18.0. The monoisotopic (exact) mass is 851 g/mol. The van der Waals surface area contributed by atoms with Crippen LogP contribution in [0.25, 0.3) is 11.3 Å². The van der Waals surface area contributed by atoms with Crippen LogP contribution < -0.4 is 30.3 Å². The highest BCUT2D eigenvalue weighted by molar-refractivity contribution is 6.24. The maximum Gasteiger partial charge on any atom is 0.266 e. The lowest BCUT2D eigenvalue weighted by Crippen LogP contribution is -2.54. The Kier molecular flexibility index (Phi) is 12.4. The second kappa shape index (κ2) is 18.2. The maximum absolute atomic E-state index is 15.1. The third-order valence-electron chi connectivity index (χ3n) is 11.6. The molecule has 18 heteroatoms. The van der Waals surface area contributed by atoms with Crippen LogP contribution in [0.5, 0.6) is 11.5 Å². The summed E-state index contributed by atoms with van der Waals surface area (Å²) in [6.07, 6.45) is 6.34.